The Morgan fingerprint density at radius 3 is 3.21 bits per heavy atom. The Balaban J connectivity index is 1.95. The van der Waals surface area contributed by atoms with Crippen molar-refractivity contribution in [2.45, 2.75) is 31.8 Å². The van der Waals surface area contributed by atoms with Crippen LogP contribution in [0.3, 0.4) is 0 Å². The van der Waals surface area contributed by atoms with Crippen molar-refractivity contribution in [2.24, 2.45) is 0 Å². The summed E-state index contributed by atoms with van der Waals surface area (Å²) in [5.41, 5.74) is 4.08. The molecule has 1 amide bonds. The molecule has 1 saturated heterocycles. The van der Waals surface area contributed by atoms with E-state index in [1.165, 1.54) is 16.8 Å². The Labute approximate surface area is 114 Å². The zero-order valence-corrected chi connectivity index (χ0v) is 11.4. The highest BCUT2D eigenvalue weighted by molar-refractivity contribution is 5.86. The average Bonchev–Trinajstić information content (AvgIpc) is 2.95. The highest BCUT2D eigenvalue weighted by Crippen LogP contribution is 2.32. The minimum atomic E-state index is 0.00591. The van der Waals surface area contributed by atoms with Gasteiger partial charge in [-0.15, -0.1) is 0 Å². The molecule has 2 aliphatic rings. The van der Waals surface area contributed by atoms with Gasteiger partial charge in [0, 0.05) is 25.8 Å². The minimum absolute atomic E-state index is 0.00591. The molecule has 1 unspecified atom stereocenters. The summed E-state index contributed by atoms with van der Waals surface area (Å²) >= 11 is 0. The van der Waals surface area contributed by atoms with Crippen LogP contribution < -0.4 is 15.5 Å². The summed E-state index contributed by atoms with van der Waals surface area (Å²) in [6, 6.07) is 6.48. The van der Waals surface area contributed by atoms with Gasteiger partial charge in [0.05, 0.1) is 0 Å². The lowest BCUT2D eigenvalue weighted by molar-refractivity contribution is -0.121. The van der Waals surface area contributed by atoms with Crippen molar-refractivity contribution in [3.05, 3.63) is 29.3 Å². The molecule has 2 heterocycles. The van der Waals surface area contributed by atoms with Crippen molar-refractivity contribution in [1.82, 2.24) is 10.6 Å². The average molecular weight is 259 g/mol. The standard InChI is InChI=1S/C15H21N3O/c1-16-15(19)14-6-3-9-18(14)13-5-2-4-11-10-17-8-7-12(11)13/h2,4-5,14,17H,3,6-10H2,1H3,(H,16,19). The van der Waals surface area contributed by atoms with Crippen LogP contribution >= 0.6 is 0 Å². The van der Waals surface area contributed by atoms with Crippen molar-refractivity contribution in [2.75, 3.05) is 25.0 Å². The van der Waals surface area contributed by atoms with E-state index >= 15 is 0 Å². The molecule has 2 N–H and O–H groups in total. The largest absolute Gasteiger partial charge is 0.359 e. The van der Waals surface area contributed by atoms with Crippen molar-refractivity contribution < 1.29 is 4.79 Å². The Morgan fingerprint density at radius 1 is 1.47 bits per heavy atom. The molecule has 19 heavy (non-hydrogen) atoms. The van der Waals surface area contributed by atoms with Crippen LogP contribution in [-0.2, 0) is 17.8 Å². The van der Waals surface area contributed by atoms with E-state index < -0.39 is 0 Å². The van der Waals surface area contributed by atoms with Crippen molar-refractivity contribution in [3.8, 4) is 0 Å². The van der Waals surface area contributed by atoms with Gasteiger partial charge in [0.25, 0.3) is 0 Å². The lowest BCUT2D eigenvalue weighted by Gasteiger charge is -2.30. The van der Waals surface area contributed by atoms with Gasteiger partial charge in [0.2, 0.25) is 5.91 Å². The Hall–Kier alpha value is -1.55. The van der Waals surface area contributed by atoms with Crippen LogP contribution in [0.25, 0.3) is 0 Å². The number of hydrogen-bond acceptors (Lipinski definition) is 3. The fraction of sp³-hybridized carbons (Fsp3) is 0.533. The van der Waals surface area contributed by atoms with Crippen LogP contribution in [0.15, 0.2) is 18.2 Å². The van der Waals surface area contributed by atoms with Crippen LogP contribution in [-0.4, -0.2) is 32.1 Å². The first-order valence-corrected chi connectivity index (χ1v) is 7.11. The normalized spacial score (nSPS) is 22.2. The zero-order chi connectivity index (χ0) is 13.2. The second-order valence-electron chi connectivity index (χ2n) is 5.31. The van der Waals surface area contributed by atoms with Gasteiger partial charge < -0.3 is 15.5 Å². The number of carbonyl (C=O) groups is 1. The van der Waals surface area contributed by atoms with Crippen LogP contribution in [0.2, 0.25) is 0 Å². The number of rotatable bonds is 2. The molecule has 0 aliphatic carbocycles. The summed E-state index contributed by atoms with van der Waals surface area (Å²) in [5, 5.41) is 6.20. The molecule has 4 nitrogen and oxygen atoms in total. The molecular weight excluding hydrogens is 238 g/mol. The Morgan fingerprint density at radius 2 is 2.37 bits per heavy atom. The third kappa shape index (κ3) is 2.21. The highest BCUT2D eigenvalue weighted by atomic mass is 16.2. The molecule has 3 rings (SSSR count). The molecule has 0 aromatic heterocycles. The topological polar surface area (TPSA) is 44.4 Å². The highest BCUT2D eigenvalue weighted by Gasteiger charge is 2.31. The van der Waals surface area contributed by atoms with E-state index in [4.69, 9.17) is 0 Å². The van der Waals surface area contributed by atoms with Crippen LogP contribution in [0.5, 0.6) is 0 Å². The van der Waals surface area contributed by atoms with Gasteiger partial charge in [-0.05, 0) is 43.0 Å². The number of likely N-dealkylation sites (N-methyl/N-ethyl adjacent to an activating group) is 1. The Kier molecular flexibility index (Phi) is 3.42. The van der Waals surface area contributed by atoms with Crippen LogP contribution in [0.4, 0.5) is 5.69 Å². The number of carbonyl (C=O) groups excluding carboxylic acids is 1. The summed E-state index contributed by atoms with van der Waals surface area (Å²) in [6.45, 7) is 2.96. The first-order valence-electron chi connectivity index (χ1n) is 7.11. The second-order valence-corrected chi connectivity index (χ2v) is 5.31. The van der Waals surface area contributed by atoms with E-state index in [0.717, 1.165) is 38.9 Å². The van der Waals surface area contributed by atoms with E-state index in [0.29, 0.717) is 0 Å². The molecule has 0 saturated carbocycles. The smallest absolute Gasteiger partial charge is 0.242 e. The SMILES string of the molecule is CNC(=O)C1CCCN1c1cccc2c1CCNC2. The molecule has 1 aromatic rings. The molecule has 1 atom stereocenters. The van der Waals surface area contributed by atoms with E-state index in [1.807, 2.05) is 0 Å². The van der Waals surface area contributed by atoms with Gasteiger partial charge in [-0.1, -0.05) is 12.1 Å². The molecule has 1 fully saturated rings. The first kappa shape index (κ1) is 12.5. The summed E-state index contributed by atoms with van der Waals surface area (Å²) in [4.78, 5) is 14.3. The van der Waals surface area contributed by atoms with Crippen molar-refractivity contribution in [1.29, 1.82) is 0 Å². The number of nitrogens with zero attached hydrogens (tertiary/aromatic N) is 1. The number of anilines is 1. The minimum Gasteiger partial charge on any atom is -0.359 e. The van der Waals surface area contributed by atoms with E-state index in [1.54, 1.807) is 7.05 Å². The molecule has 2 aliphatic heterocycles. The predicted molar refractivity (Wildman–Crippen MR) is 76.3 cm³/mol. The lowest BCUT2D eigenvalue weighted by Crippen LogP contribution is -2.42. The molecular formula is C15H21N3O. The molecule has 4 heteroatoms. The number of amides is 1. The molecule has 1 aromatic carbocycles. The van der Waals surface area contributed by atoms with Gasteiger partial charge in [-0.3, -0.25) is 4.79 Å². The van der Waals surface area contributed by atoms with E-state index in [2.05, 4.69) is 33.7 Å². The molecule has 102 valence electrons. The maximum absolute atomic E-state index is 12.0. The third-order valence-corrected chi connectivity index (χ3v) is 4.23. The van der Waals surface area contributed by atoms with Crippen molar-refractivity contribution >= 4 is 11.6 Å². The molecule has 0 spiro atoms. The van der Waals surface area contributed by atoms with Gasteiger partial charge in [-0.25, -0.2) is 0 Å². The van der Waals surface area contributed by atoms with Crippen LogP contribution in [0, 0.1) is 0 Å². The number of hydrogen-bond donors (Lipinski definition) is 2. The number of benzene rings is 1. The van der Waals surface area contributed by atoms with E-state index in [9.17, 15) is 4.79 Å². The maximum atomic E-state index is 12.0. The predicted octanol–water partition coefficient (Wildman–Crippen LogP) is 1.05. The second kappa shape index (κ2) is 5.21. The van der Waals surface area contributed by atoms with Crippen LogP contribution in [0.1, 0.15) is 24.0 Å². The number of nitrogens with one attached hydrogen (secondary N) is 2. The van der Waals surface area contributed by atoms with Gasteiger partial charge in [0.1, 0.15) is 6.04 Å². The molecule has 0 bridgehead atoms. The summed E-state index contributed by atoms with van der Waals surface area (Å²) in [6.07, 6.45) is 3.12. The monoisotopic (exact) mass is 259 g/mol. The lowest BCUT2D eigenvalue weighted by atomic mass is 9.98. The summed E-state index contributed by atoms with van der Waals surface area (Å²) < 4.78 is 0. The van der Waals surface area contributed by atoms with E-state index in [-0.39, 0.29) is 11.9 Å². The summed E-state index contributed by atoms with van der Waals surface area (Å²) in [5.74, 6) is 0.143. The zero-order valence-electron chi connectivity index (χ0n) is 11.4. The fourth-order valence-corrected chi connectivity index (χ4v) is 3.28. The summed E-state index contributed by atoms with van der Waals surface area (Å²) in [7, 11) is 1.73. The first-order chi connectivity index (χ1) is 9.31. The Bertz CT molecular complexity index is 486. The molecule has 0 radical (unpaired) electrons. The van der Waals surface area contributed by atoms with Gasteiger partial charge in [0.15, 0.2) is 0 Å². The number of fused-ring (bicyclic) bond motifs is 1. The van der Waals surface area contributed by atoms with Gasteiger partial charge >= 0.3 is 0 Å². The van der Waals surface area contributed by atoms with Crippen molar-refractivity contribution in [3.63, 3.8) is 0 Å². The quantitative estimate of drug-likeness (QED) is 0.834. The van der Waals surface area contributed by atoms with Gasteiger partial charge in [-0.2, -0.15) is 0 Å². The maximum Gasteiger partial charge on any atom is 0.242 e. The third-order valence-electron chi connectivity index (χ3n) is 4.23. The fourth-order valence-electron chi connectivity index (χ4n) is 3.28.